The zero-order chi connectivity index (χ0) is 19.2. The molecule has 2 aromatic rings. The second-order valence-electron chi connectivity index (χ2n) is 6.03. The summed E-state index contributed by atoms with van der Waals surface area (Å²) in [5, 5.41) is -0.127. The Hall–Kier alpha value is -1.45. The Balaban J connectivity index is 2.46. The lowest BCUT2D eigenvalue weighted by atomic mass is 10.1. The first-order valence-corrected chi connectivity index (χ1v) is 10.8. The van der Waals surface area contributed by atoms with Gasteiger partial charge < -0.3 is 9.64 Å². The summed E-state index contributed by atoms with van der Waals surface area (Å²) >= 11 is 9.35. The number of aromatic nitrogens is 2. The Kier molecular flexibility index (Phi) is 5.15. The summed E-state index contributed by atoms with van der Waals surface area (Å²) in [5.74, 6) is -0.243. The van der Waals surface area contributed by atoms with E-state index in [0.717, 1.165) is 6.26 Å². The molecule has 1 aliphatic heterocycles. The van der Waals surface area contributed by atoms with Crippen LogP contribution in [-0.2, 0) is 9.84 Å². The molecule has 0 unspecified atom stereocenters. The van der Waals surface area contributed by atoms with Crippen LogP contribution >= 0.6 is 27.5 Å². The molecule has 1 aromatic carbocycles. The summed E-state index contributed by atoms with van der Waals surface area (Å²) in [7, 11) is -3.75. The lowest BCUT2D eigenvalue weighted by Crippen LogP contribution is -2.37. The minimum atomic E-state index is -3.75. The molecule has 1 aromatic heterocycles. The SMILES string of the molecule is C=CCCN1c2nc(S(C)(=O)=O)nc3c(F)c(Br)c(Cl)c(c23)OC[C@@H]1C. The molecular weight excluding hydrogens is 449 g/mol. The Bertz CT molecular complexity index is 1020. The first-order chi connectivity index (χ1) is 12.2. The first-order valence-electron chi connectivity index (χ1n) is 7.75. The molecule has 26 heavy (non-hydrogen) atoms. The Labute approximate surface area is 164 Å². The van der Waals surface area contributed by atoms with Crippen molar-refractivity contribution < 1.29 is 17.5 Å². The normalized spacial score (nSPS) is 17.1. The average Bonchev–Trinajstić information content (AvgIpc) is 2.72. The number of ether oxygens (including phenoxy) is 1. The van der Waals surface area contributed by atoms with Gasteiger partial charge in [-0.3, -0.25) is 0 Å². The monoisotopic (exact) mass is 463 g/mol. The fraction of sp³-hybridized carbons (Fsp3) is 0.375. The van der Waals surface area contributed by atoms with Gasteiger partial charge >= 0.3 is 0 Å². The van der Waals surface area contributed by atoms with Gasteiger partial charge in [-0.2, -0.15) is 0 Å². The minimum absolute atomic E-state index is 0.0297. The predicted molar refractivity (Wildman–Crippen MR) is 102 cm³/mol. The third-order valence-corrected chi connectivity index (χ3v) is 6.25. The molecule has 6 nitrogen and oxygen atoms in total. The molecule has 0 bridgehead atoms. The zero-order valence-electron chi connectivity index (χ0n) is 14.1. The number of halogens is 3. The van der Waals surface area contributed by atoms with E-state index in [1.165, 1.54) is 0 Å². The van der Waals surface area contributed by atoms with Gasteiger partial charge in [-0.25, -0.2) is 22.8 Å². The highest BCUT2D eigenvalue weighted by molar-refractivity contribution is 9.10. The maximum Gasteiger partial charge on any atom is 0.249 e. The van der Waals surface area contributed by atoms with Crippen molar-refractivity contribution in [1.29, 1.82) is 0 Å². The van der Waals surface area contributed by atoms with Crippen LogP contribution in [0.2, 0.25) is 5.02 Å². The van der Waals surface area contributed by atoms with Gasteiger partial charge in [-0.05, 0) is 29.3 Å². The molecule has 2 heterocycles. The van der Waals surface area contributed by atoms with Crippen molar-refractivity contribution in [2.24, 2.45) is 0 Å². The van der Waals surface area contributed by atoms with Gasteiger partial charge in [0.15, 0.2) is 11.6 Å². The van der Waals surface area contributed by atoms with Crippen LogP contribution in [0.4, 0.5) is 10.2 Å². The van der Waals surface area contributed by atoms with Crippen LogP contribution in [0.5, 0.6) is 5.75 Å². The number of benzene rings is 1. The average molecular weight is 465 g/mol. The maximum absolute atomic E-state index is 14.8. The third-order valence-electron chi connectivity index (χ3n) is 4.07. The van der Waals surface area contributed by atoms with Crippen molar-refractivity contribution in [2.45, 2.75) is 24.5 Å². The molecule has 0 amide bonds. The molecule has 1 aliphatic rings. The Morgan fingerprint density at radius 2 is 2.19 bits per heavy atom. The molecule has 0 saturated carbocycles. The van der Waals surface area contributed by atoms with E-state index in [9.17, 15) is 12.8 Å². The smallest absolute Gasteiger partial charge is 0.249 e. The molecule has 0 aliphatic carbocycles. The van der Waals surface area contributed by atoms with E-state index in [1.807, 2.05) is 11.8 Å². The molecule has 0 radical (unpaired) electrons. The number of nitrogens with zero attached hydrogens (tertiary/aromatic N) is 3. The number of hydrogen-bond donors (Lipinski definition) is 0. The number of rotatable bonds is 4. The van der Waals surface area contributed by atoms with Crippen LogP contribution in [0, 0.1) is 5.82 Å². The highest BCUT2D eigenvalue weighted by Gasteiger charge is 2.32. The quantitative estimate of drug-likeness (QED) is 0.390. The summed E-state index contributed by atoms with van der Waals surface area (Å²) in [5.41, 5.74) is -0.153. The molecule has 0 N–H and O–H groups in total. The molecule has 0 fully saturated rings. The lowest BCUT2D eigenvalue weighted by molar-refractivity contribution is 0.296. The molecule has 10 heteroatoms. The van der Waals surface area contributed by atoms with Crippen molar-refractivity contribution in [3.8, 4) is 5.75 Å². The zero-order valence-corrected chi connectivity index (χ0v) is 17.3. The minimum Gasteiger partial charge on any atom is -0.489 e. The van der Waals surface area contributed by atoms with E-state index in [0.29, 0.717) is 13.0 Å². The molecule has 0 spiro atoms. The van der Waals surface area contributed by atoms with Crippen molar-refractivity contribution in [3.63, 3.8) is 0 Å². The largest absolute Gasteiger partial charge is 0.489 e. The van der Waals surface area contributed by atoms with Crippen LogP contribution in [0.15, 0.2) is 22.3 Å². The fourth-order valence-electron chi connectivity index (χ4n) is 2.78. The van der Waals surface area contributed by atoms with Crippen LogP contribution in [0.3, 0.4) is 0 Å². The second kappa shape index (κ2) is 6.94. The van der Waals surface area contributed by atoms with Crippen molar-refractivity contribution in [2.75, 3.05) is 24.3 Å². The summed E-state index contributed by atoms with van der Waals surface area (Å²) in [6, 6.07) is -0.147. The van der Waals surface area contributed by atoms with Gasteiger partial charge in [-0.15, -0.1) is 6.58 Å². The summed E-state index contributed by atoms with van der Waals surface area (Å²) in [4.78, 5) is 10.0. The number of anilines is 1. The van der Waals surface area contributed by atoms with E-state index >= 15 is 0 Å². The van der Waals surface area contributed by atoms with E-state index in [4.69, 9.17) is 16.3 Å². The Morgan fingerprint density at radius 3 is 2.81 bits per heavy atom. The highest BCUT2D eigenvalue weighted by Crippen LogP contribution is 2.46. The second-order valence-corrected chi connectivity index (χ2v) is 9.11. The molecule has 3 rings (SSSR count). The van der Waals surface area contributed by atoms with Crippen LogP contribution in [0.1, 0.15) is 13.3 Å². The number of hydrogen-bond acceptors (Lipinski definition) is 6. The van der Waals surface area contributed by atoms with Crippen molar-refractivity contribution in [1.82, 2.24) is 9.97 Å². The Morgan fingerprint density at radius 1 is 1.50 bits per heavy atom. The van der Waals surface area contributed by atoms with Gasteiger partial charge in [0.05, 0.1) is 15.9 Å². The van der Waals surface area contributed by atoms with Gasteiger partial charge in [0.25, 0.3) is 0 Å². The molecule has 1 atom stereocenters. The molecular formula is C16H16BrClFN3O3S. The van der Waals surface area contributed by atoms with Crippen molar-refractivity contribution in [3.05, 3.63) is 28.0 Å². The van der Waals surface area contributed by atoms with E-state index < -0.39 is 20.8 Å². The first kappa shape index (κ1) is 19.3. The van der Waals surface area contributed by atoms with Crippen LogP contribution < -0.4 is 9.64 Å². The summed E-state index contributed by atoms with van der Waals surface area (Å²) in [6.07, 6.45) is 3.35. The number of sulfone groups is 1. The summed E-state index contributed by atoms with van der Waals surface area (Å²) < 4.78 is 44.7. The predicted octanol–water partition coefficient (Wildman–Crippen LogP) is 3.75. The fourth-order valence-corrected chi connectivity index (χ4v) is 3.88. The van der Waals surface area contributed by atoms with Gasteiger partial charge in [0, 0.05) is 12.8 Å². The van der Waals surface area contributed by atoms with Gasteiger partial charge in [-0.1, -0.05) is 17.7 Å². The van der Waals surface area contributed by atoms with Gasteiger partial charge in [0.1, 0.15) is 23.0 Å². The van der Waals surface area contributed by atoms with Crippen LogP contribution in [-0.4, -0.2) is 43.8 Å². The lowest BCUT2D eigenvalue weighted by Gasteiger charge is -2.28. The van der Waals surface area contributed by atoms with Gasteiger partial charge in [0.2, 0.25) is 15.0 Å². The third kappa shape index (κ3) is 3.16. The van der Waals surface area contributed by atoms with Crippen LogP contribution in [0.25, 0.3) is 10.9 Å². The van der Waals surface area contributed by atoms with E-state index in [-0.39, 0.29) is 44.6 Å². The van der Waals surface area contributed by atoms with Crippen molar-refractivity contribution >= 4 is 54.1 Å². The topological polar surface area (TPSA) is 72.4 Å². The summed E-state index contributed by atoms with van der Waals surface area (Å²) in [6.45, 7) is 6.40. The van der Waals surface area contributed by atoms with E-state index in [2.05, 4.69) is 32.5 Å². The highest BCUT2D eigenvalue weighted by atomic mass is 79.9. The molecule has 140 valence electrons. The van der Waals surface area contributed by atoms with E-state index in [1.54, 1.807) is 6.08 Å². The molecule has 0 saturated heterocycles. The standard InChI is InChI=1S/C16H16BrClFN3O3S/c1-4-5-6-22-8(2)7-25-14-9-13(12(19)10(17)11(14)18)20-16(21-15(9)22)26(3,23)24/h4,8H,1,5-7H2,2-3H3/t8-/m0/s1. The maximum atomic E-state index is 14.8.